The van der Waals surface area contributed by atoms with Gasteiger partial charge in [0.05, 0.1) is 6.61 Å². The van der Waals surface area contributed by atoms with E-state index in [1.165, 1.54) is 11.0 Å². The van der Waals surface area contributed by atoms with Gasteiger partial charge in [-0.05, 0) is 42.8 Å². The van der Waals surface area contributed by atoms with Crippen LogP contribution in [-0.4, -0.2) is 12.6 Å². The molecule has 0 amide bonds. The van der Waals surface area contributed by atoms with Gasteiger partial charge in [-0.3, -0.25) is 0 Å². The molecule has 2 aromatic carbocycles. The zero-order chi connectivity index (χ0) is 16.9. The van der Waals surface area contributed by atoms with Crippen LogP contribution in [0.5, 0.6) is 0 Å². The third-order valence-corrected chi connectivity index (χ3v) is 4.52. The van der Waals surface area contributed by atoms with Crippen molar-refractivity contribution in [1.29, 1.82) is 0 Å². The lowest BCUT2D eigenvalue weighted by atomic mass is 10.1. The maximum absolute atomic E-state index is 11.9. The highest BCUT2D eigenvalue weighted by molar-refractivity contribution is 7.98. The first-order valence-corrected chi connectivity index (χ1v) is 8.57. The molecule has 0 saturated carbocycles. The Kier molecular flexibility index (Phi) is 5.01. The van der Waals surface area contributed by atoms with Gasteiger partial charge in [-0.25, -0.2) is 9.59 Å². The molecule has 0 radical (unpaired) electrons. The highest BCUT2D eigenvalue weighted by atomic mass is 32.2. The summed E-state index contributed by atoms with van der Waals surface area (Å²) < 4.78 is 10.1. The lowest BCUT2D eigenvalue weighted by Crippen LogP contribution is -2.16. The van der Waals surface area contributed by atoms with Crippen LogP contribution < -0.4 is 5.63 Å². The van der Waals surface area contributed by atoms with Crippen molar-refractivity contribution in [2.75, 3.05) is 6.61 Å². The van der Waals surface area contributed by atoms with E-state index in [4.69, 9.17) is 9.15 Å². The monoisotopic (exact) mass is 340 g/mol. The number of thioether (sulfide) groups is 1. The average Bonchev–Trinajstić information content (AvgIpc) is 2.60. The summed E-state index contributed by atoms with van der Waals surface area (Å²) in [4.78, 5) is 24.9. The van der Waals surface area contributed by atoms with Gasteiger partial charge in [0.15, 0.2) is 0 Å². The van der Waals surface area contributed by atoms with E-state index in [-0.39, 0.29) is 12.2 Å². The number of carbonyl (C=O) groups is 1. The molecule has 0 unspecified atom stereocenters. The van der Waals surface area contributed by atoms with Crippen LogP contribution >= 0.6 is 11.8 Å². The number of esters is 1. The molecule has 122 valence electrons. The van der Waals surface area contributed by atoms with E-state index >= 15 is 0 Å². The predicted octanol–water partition coefficient (Wildman–Crippen LogP) is 4.26. The zero-order valence-corrected chi connectivity index (χ0v) is 14.0. The summed E-state index contributed by atoms with van der Waals surface area (Å²) in [5.41, 5.74) is 0.797. The second-order valence-corrected chi connectivity index (χ2v) is 6.19. The van der Waals surface area contributed by atoms with Crippen LogP contribution in [0, 0.1) is 0 Å². The van der Waals surface area contributed by atoms with Gasteiger partial charge >= 0.3 is 11.6 Å². The Labute approximate surface area is 143 Å². The largest absolute Gasteiger partial charge is 0.462 e. The van der Waals surface area contributed by atoms with Crippen molar-refractivity contribution in [3.05, 3.63) is 76.1 Å². The number of ether oxygens (including phenoxy) is 1. The normalized spacial score (nSPS) is 10.7. The number of benzene rings is 2. The lowest BCUT2D eigenvalue weighted by Gasteiger charge is -2.05. The molecule has 0 aliphatic rings. The number of rotatable bonds is 5. The molecule has 0 aliphatic heterocycles. The molecule has 0 fully saturated rings. The van der Waals surface area contributed by atoms with Gasteiger partial charge in [0, 0.05) is 16.0 Å². The standard InChI is InChI=1S/C19H16O4S/c1-2-22-18(20)16-11-14-10-13(8-9-17(14)23-19(16)21)12-24-15-6-4-3-5-7-15/h3-11H,2,12H2,1H3. The van der Waals surface area contributed by atoms with Crippen LogP contribution in [0.25, 0.3) is 11.0 Å². The maximum Gasteiger partial charge on any atom is 0.351 e. The lowest BCUT2D eigenvalue weighted by molar-refractivity contribution is 0.0522. The molecule has 24 heavy (non-hydrogen) atoms. The minimum Gasteiger partial charge on any atom is -0.462 e. The van der Waals surface area contributed by atoms with Gasteiger partial charge in [-0.1, -0.05) is 24.3 Å². The van der Waals surface area contributed by atoms with Crippen molar-refractivity contribution in [2.24, 2.45) is 0 Å². The van der Waals surface area contributed by atoms with E-state index in [0.29, 0.717) is 11.0 Å². The number of fused-ring (bicyclic) bond motifs is 1. The van der Waals surface area contributed by atoms with Crippen molar-refractivity contribution in [3.8, 4) is 0 Å². The Morgan fingerprint density at radius 1 is 1.12 bits per heavy atom. The Hall–Kier alpha value is -2.53. The molecule has 1 aromatic heterocycles. The molecule has 0 bridgehead atoms. The summed E-state index contributed by atoms with van der Waals surface area (Å²) in [6.07, 6.45) is 0. The highest BCUT2D eigenvalue weighted by Gasteiger charge is 2.14. The minimum absolute atomic E-state index is 0.0720. The fraction of sp³-hybridized carbons (Fsp3) is 0.158. The van der Waals surface area contributed by atoms with Crippen LogP contribution in [0.4, 0.5) is 0 Å². The van der Waals surface area contributed by atoms with E-state index in [2.05, 4.69) is 12.1 Å². The first-order valence-electron chi connectivity index (χ1n) is 7.59. The highest BCUT2D eigenvalue weighted by Crippen LogP contribution is 2.24. The van der Waals surface area contributed by atoms with Crippen LogP contribution in [0.1, 0.15) is 22.8 Å². The number of hydrogen-bond donors (Lipinski definition) is 0. The third-order valence-electron chi connectivity index (χ3n) is 3.44. The van der Waals surface area contributed by atoms with E-state index in [9.17, 15) is 9.59 Å². The second-order valence-electron chi connectivity index (χ2n) is 5.14. The molecule has 0 aliphatic carbocycles. The van der Waals surface area contributed by atoms with Gasteiger partial charge in [0.25, 0.3) is 0 Å². The molecule has 5 heteroatoms. The molecular formula is C19H16O4S. The van der Waals surface area contributed by atoms with Crippen LogP contribution in [0.2, 0.25) is 0 Å². The van der Waals surface area contributed by atoms with Crippen LogP contribution in [0.3, 0.4) is 0 Å². The smallest absolute Gasteiger partial charge is 0.351 e. The zero-order valence-electron chi connectivity index (χ0n) is 13.2. The van der Waals surface area contributed by atoms with E-state index in [0.717, 1.165) is 11.3 Å². The molecule has 0 atom stereocenters. The fourth-order valence-electron chi connectivity index (χ4n) is 2.30. The van der Waals surface area contributed by atoms with E-state index in [1.54, 1.807) is 24.8 Å². The summed E-state index contributed by atoms with van der Waals surface area (Å²) in [6, 6.07) is 17.3. The molecule has 4 nitrogen and oxygen atoms in total. The molecule has 1 heterocycles. The quantitative estimate of drug-likeness (QED) is 0.394. The topological polar surface area (TPSA) is 56.5 Å². The summed E-state index contributed by atoms with van der Waals surface area (Å²) in [6.45, 7) is 1.91. The van der Waals surface area contributed by atoms with Crippen molar-refractivity contribution >= 4 is 28.7 Å². The van der Waals surface area contributed by atoms with E-state index < -0.39 is 11.6 Å². The molecule has 0 N–H and O–H groups in total. The Morgan fingerprint density at radius 2 is 1.92 bits per heavy atom. The Balaban J connectivity index is 1.87. The van der Waals surface area contributed by atoms with Crippen molar-refractivity contribution in [1.82, 2.24) is 0 Å². The summed E-state index contributed by atoms with van der Waals surface area (Å²) in [5, 5.41) is 0.712. The van der Waals surface area contributed by atoms with Gasteiger partial charge in [0.1, 0.15) is 11.1 Å². The number of carbonyl (C=O) groups excluding carboxylic acids is 1. The van der Waals surface area contributed by atoms with Gasteiger partial charge in [-0.15, -0.1) is 11.8 Å². The van der Waals surface area contributed by atoms with Gasteiger partial charge < -0.3 is 9.15 Å². The second kappa shape index (κ2) is 7.36. The third kappa shape index (κ3) is 3.68. The van der Waals surface area contributed by atoms with Gasteiger partial charge in [-0.2, -0.15) is 0 Å². The van der Waals surface area contributed by atoms with Crippen molar-refractivity contribution in [2.45, 2.75) is 17.6 Å². The Bertz CT molecular complexity index is 916. The molecule has 0 saturated heterocycles. The molecular weight excluding hydrogens is 324 g/mol. The van der Waals surface area contributed by atoms with Crippen LogP contribution in [-0.2, 0) is 10.5 Å². The van der Waals surface area contributed by atoms with Crippen molar-refractivity contribution < 1.29 is 13.9 Å². The molecule has 3 rings (SSSR count). The Morgan fingerprint density at radius 3 is 2.67 bits per heavy atom. The SMILES string of the molecule is CCOC(=O)c1cc2cc(CSc3ccccc3)ccc2oc1=O. The van der Waals surface area contributed by atoms with E-state index in [1.807, 2.05) is 30.3 Å². The van der Waals surface area contributed by atoms with Crippen molar-refractivity contribution in [3.63, 3.8) is 0 Å². The van der Waals surface area contributed by atoms with Gasteiger partial charge in [0.2, 0.25) is 0 Å². The molecule has 0 spiro atoms. The fourth-order valence-corrected chi connectivity index (χ4v) is 3.16. The number of hydrogen-bond acceptors (Lipinski definition) is 5. The average molecular weight is 340 g/mol. The minimum atomic E-state index is -0.674. The van der Waals surface area contributed by atoms with Crippen LogP contribution in [0.15, 0.2) is 68.7 Å². The summed E-state index contributed by atoms with van der Waals surface area (Å²) >= 11 is 1.72. The first kappa shape index (κ1) is 16.3. The first-order chi connectivity index (χ1) is 11.7. The summed E-state index contributed by atoms with van der Waals surface area (Å²) in [5.74, 6) is 0.130. The summed E-state index contributed by atoms with van der Waals surface area (Å²) in [7, 11) is 0. The molecule has 3 aromatic rings. The maximum atomic E-state index is 11.9. The predicted molar refractivity (Wildman–Crippen MR) is 94.4 cm³/mol.